The summed E-state index contributed by atoms with van der Waals surface area (Å²) < 4.78 is 6.00. The van der Waals surface area contributed by atoms with Crippen molar-refractivity contribution >= 4 is 34.2 Å². The summed E-state index contributed by atoms with van der Waals surface area (Å²) >= 11 is 6.51. The summed E-state index contributed by atoms with van der Waals surface area (Å²) in [6.45, 7) is 0.429. The molecule has 0 aliphatic carbocycles. The minimum Gasteiger partial charge on any atom is -0.403 e. The number of nitrogens with zero attached hydrogens (tertiary/aromatic N) is 5. The second-order valence-electron chi connectivity index (χ2n) is 6.68. The Labute approximate surface area is 177 Å². The van der Waals surface area contributed by atoms with Crippen LogP contribution in [0.3, 0.4) is 0 Å². The predicted octanol–water partition coefficient (Wildman–Crippen LogP) is 5.67. The molecule has 146 valence electrons. The number of aromatic nitrogens is 4. The van der Waals surface area contributed by atoms with Crippen molar-refractivity contribution in [2.75, 3.05) is 4.90 Å². The monoisotopic (exact) mass is 413 g/mol. The highest BCUT2D eigenvalue weighted by Crippen LogP contribution is 2.31. The number of pyridine rings is 2. The first-order chi connectivity index (χ1) is 14.8. The van der Waals surface area contributed by atoms with Crippen LogP contribution in [0.4, 0.5) is 11.7 Å². The lowest BCUT2D eigenvalue weighted by Crippen LogP contribution is -2.17. The third-order valence-electron chi connectivity index (χ3n) is 4.72. The average Bonchev–Trinajstić information content (AvgIpc) is 3.29. The highest BCUT2D eigenvalue weighted by molar-refractivity contribution is 6.30. The van der Waals surface area contributed by atoms with Crippen LogP contribution in [0.25, 0.3) is 22.4 Å². The Morgan fingerprint density at radius 3 is 2.47 bits per heavy atom. The van der Waals surface area contributed by atoms with Crippen molar-refractivity contribution in [2.24, 2.45) is 0 Å². The topological polar surface area (TPSA) is 67.9 Å². The molecule has 0 saturated carbocycles. The highest BCUT2D eigenvalue weighted by Gasteiger charge is 2.19. The van der Waals surface area contributed by atoms with E-state index < -0.39 is 0 Å². The largest absolute Gasteiger partial charge is 0.403 e. The van der Waals surface area contributed by atoms with Crippen molar-refractivity contribution in [1.82, 2.24) is 20.2 Å². The molecule has 0 fully saturated rings. The Bertz CT molecular complexity index is 1290. The first-order valence-corrected chi connectivity index (χ1v) is 9.76. The van der Waals surface area contributed by atoms with Crippen LogP contribution in [0.15, 0.2) is 89.6 Å². The van der Waals surface area contributed by atoms with Gasteiger partial charge in [-0.25, -0.2) is 4.98 Å². The summed E-state index contributed by atoms with van der Waals surface area (Å²) in [5.74, 6) is 0.427. The molecule has 30 heavy (non-hydrogen) atoms. The van der Waals surface area contributed by atoms with Gasteiger partial charge >= 0.3 is 6.01 Å². The molecule has 0 amide bonds. The van der Waals surface area contributed by atoms with Crippen LogP contribution in [-0.4, -0.2) is 20.2 Å². The Kier molecular flexibility index (Phi) is 4.83. The second-order valence-corrected chi connectivity index (χ2v) is 7.04. The van der Waals surface area contributed by atoms with Gasteiger partial charge in [0.25, 0.3) is 0 Å². The Hall–Kier alpha value is -3.77. The van der Waals surface area contributed by atoms with Gasteiger partial charge in [0.15, 0.2) is 0 Å². The lowest BCUT2D eigenvalue weighted by atomic mass is 10.1. The number of rotatable bonds is 5. The maximum atomic E-state index is 6.51. The Morgan fingerprint density at radius 1 is 0.867 bits per heavy atom. The van der Waals surface area contributed by atoms with E-state index in [1.807, 2.05) is 77.7 Å². The van der Waals surface area contributed by atoms with Crippen LogP contribution in [0.1, 0.15) is 5.56 Å². The molecule has 5 aromatic rings. The molecule has 0 aliphatic heterocycles. The van der Waals surface area contributed by atoms with Crippen LogP contribution in [0.2, 0.25) is 5.15 Å². The SMILES string of the molecule is Clc1nc2ccccc2cc1CN(c1ccccc1)c1nnc(-c2ccncc2)o1. The van der Waals surface area contributed by atoms with Gasteiger partial charge in [-0.1, -0.05) is 53.1 Å². The maximum absolute atomic E-state index is 6.51. The molecule has 0 unspecified atom stereocenters. The van der Waals surface area contributed by atoms with Gasteiger partial charge in [0.1, 0.15) is 5.15 Å². The van der Waals surface area contributed by atoms with Gasteiger partial charge in [-0.3, -0.25) is 9.88 Å². The van der Waals surface area contributed by atoms with Crippen molar-refractivity contribution in [1.29, 1.82) is 0 Å². The summed E-state index contributed by atoms with van der Waals surface area (Å²) in [5, 5.41) is 9.96. The van der Waals surface area contributed by atoms with Gasteiger partial charge in [0, 0.05) is 34.6 Å². The van der Waals surface area contributed by atoms with E-state index in [0.717, 1.165) is 27.7 Å². The molecular formula is C23H16ClN5O. The first kappa shape index (κ1) is 18.3. The van der Waals surface area contributed by atoms with Crippen LogP contribution in [0.5, 0.6) is 0 Å². The average molecular weight is 414 g/mol. The number of anilines is 2. The van der Waals surface area contributed by atoms with Crippen LogP contribution in [-0.2, 0) is 6.54 Å². The smallest absolute Gasteiger partial charge is 0.323 e. The molecule has 3 aromatic heterocycles. The van der Waals surface area contributed by atoms with Crippen molar-refractivity contribution in [3.8, 4) is 11.5 Å². The van der Waals surface area contributed by atoms with Crippen molar-refractivity contribution in [2.45, 2.75) is 6.54 Å². The fourth-order valence-corrected chi connectivity index (χ4v) is 3.44. The molecular weight excluding hydrogens is 398 g/mol. The van der Waals surface area contributed by atoms with Gasteiger partial charge in [0.05, 0.1) is 12.1 Å². The molecule has 7 heteroatoms. The zero-order chi connectivity index (χ0) is 20.3. The molecule has 0 atom stereocenters. The lowest BCUT2D eigenvalue weighted by Gasteiger charge is -2.21. The second kappa shape index (κ2) is 7.93. The van der Waals surface area contributed by atoms with E-state index >= 15 is 0 Å². The van der Waals surface area contributed by atoms with E-state index in [4.69, 9.17) is 16.0 Å². The maximum Gasteiger partial charge on any atom is 0.323 e. The molecule has 2 aromatic carbocycles. The standard InChI is InChI=1S/C23H16ClN5O/c24-21-18(14-17-6-4-5-9-20(17)26-21)15-29(19-7-2-1-3-8-19)23-28-27-22(30-23)16-10-12-25-13-11-16/h1-14H,15H2. The molecule has 5 rings (SSSR count). The van der Waals surface area contributed by atoms with Crippen molar-refractivity contribution < 1.29 is 4.42 Å². The molecule has 3 heterocycles. The summed E-state index contributed by atoms with van der Waals surface area (Å²) in [6.07, 6.45) is 3.38. The summed E-state index contributed by atoms with van der Waals surface area (Å²) in [6, 6.07) is 23.8. The van der Waals surface area contributed by atoms with Gasteiger partial charge in [-0.2, -0.15) is 0 Å². The van der Waals surface area contributed by atoms with Crippen LogP contribution in [0, 0.1) is 0 Å². The number of fused-ring (bicyclic) bond motifs is 1. The van der Waals surface area contributed by atoms with Crippen molar-refractivity contribution in [3.05, 3.63) is 95.9 Å². The highest BCUT2D eigenvalue weighted by atomic mass is 35.5. The van der Waals surface area contributed by atoms with Gasteiger partial charge in [-0.15, -0.1) is 5.10 Å². The molecule has 6 nitrogen and oxygen atoms in total. The molecule has 0 N–H and O–H groups in total. The van der Waals surface area contributed by atoms with Crippen molar-refractivity contribution in [3.63, 3.8) is 0 Å². The number of hydrogen-bond acceptors (Lipinski definition) is 6. The Balaban J connectivity index is 1.56. The Morgan fingerprint density at radius 2 is 1.63 bits per heavy atom. The van der Waals surface area contributed by atoms with Gasteiger partial charge in [-0.05, 0) is 36.4 Å². The van der Waals surface area contributed by atoms with E-state index in [1.165, 1.54) is 0 Å². The summed E-state index contributed by atoms with van der Waals surface area (Å²) in [4.78, 5) is 10.5. The molecule has 0 saturated heterocycles. The summed E-state index contributed by atoms with van der Waals surface area (Å²) in [5.41, 5.74) is 3.44. The number of halogens is 1. The quantitative estimate of drug-likeness (QED) is 0.346. The zero-order valence-electron chi connectivity index (χ0n) is 15.8. The lowest BCUT2D eigenvalue weighted by molar-refractivity contribution is 0.562. The minimum atomic E-state index is 0.372. The van der Waals surface area contributed by atoms with E-state index in [9.17, 15) is 0 Å². The number of benzene rings is 2. The predicted molar refractivity (Wildman–Crippen MR) is 117 cm³/mol. The van der Waals surface area contributed by atoms with E-state index in [-0.39, 0.29) is 0 Å². The molecule has 0 spiro atoms. The van der Waals surface area contributed by atoms with E-state index in [1.54, 1.807) is 12.4 Å². The van der Waals surface area contributed by atoms with Crippen LogP contribution < -0.4 is 4.90 Å². The summed E-state index contributed by atoms with van der Waals surface area (Å²) in [7, 11) is 0. The number of hydrogen-bond donors (Lipinski definition) is 0. The first-order valence-electron chi connectivity index (χ1n) is 9.38. The molecule has 0 aliphatic rings. The zero-order valence-corrected chi connectivity index (χ0v) is 16.6. The third-order valence-corrected chi connectivity index (χ3v) is 5.05. The fraction of sp³-hybridized carbons (Fsp3) is 0.0435. The molecule has 0 bridgehead atoms. The van der Waals surface area contributed by atoms with Gasteiger partial charge in [0.2, 0.25) is 5.89 Å². The number of para-hydroxylation sites is 2. The van der Waals surface area contributed by atoms with Gasteiger partial charge < -0.3 is 4.42 Å². The normalized spacial score (nSPS) is 11.0. The third kappa shape index (κ3) is 3.60. The van der Waals surface area contributed by atoms with E-state index in [2.05, 4.69) is 20.2 Å². The molecule has 0 radical (unpaired) electrons. The fourth-order valence-electron chi connectivity index (χ4n) is 3.23. The van der Waals surface area contributed by atoms with Crippen LogP contribution >= 0.6 is 11.6 Å². The minimum absolute atomic E-state index is 0.372. The van der Waals surface area contributed by atoms with E-state index in [0.29, 0.717) is 23.6 Å².